The SMILES string of the molecule is COC(=O)C(Cc1cnc(Cl)nc1Cl)c1ccc(OC)cc1. The molecule has 5 nitrogen and oxygen atoms in total. The summed E-state index contributed by atoms with van der Waals surface area (Å²) in [5, 5.41) is 0.287. The van der Waals surface area contributed by atoms with Gasteiger partial charge in [-0.15, -0.1) is 0 Å². The molecule has 7 heteroatoms. The van der Waals surface area contributed by atoms with Crippen molar-refractivity contribution in [1.29, 1.82) is 0 Å². The molecule has 2 rings (SSSR count). The van der Waals surface area contributed by atoms with Gasteiger partial charge < -0.3 is 9.47 Å². The molecule has 1 atom stereocenters. The van der Waals surface area contributed by atoms with Gasteiger partial charge in [0.05, 0.1) is 20.1 Å². The van der Waals surface area contributed by atoms with Gasteiger partial charge in [-0.3, -0.25) is 4.79 Å². The number of methoxy groups -OCH3 is 2. The molecule has 0 aliphatic carbocycles. The summed E-state index contributed by atoms with van der Waals surface area (Å²) in [6.45, 7) is 0. The molecule has 0 saturated heterocycles. The Morgan fingerprint density at radius 1 is 1.23 bits per heavy atom. The number of carbonyl (C=O) groups is 1. The van der Waals surface area contributed by atoms with E-state index < -0.39 is 5.92 Å². The molecule has 0 fully saturated rings. The van der Waals surface area contributed by atoms with Crippen molar-refractivity contribution < 1.29 is 14.3 Å². The number of hydrogen-bond donors (Lipinski definition) is 0. The van der Waals surface area contributed by atoms with Gasteiger partial charge in [0.1, 0.15) is 10.9 Å². The molecular formula is C15H14Cl2N2O3. The standard InChI is InChI=1S/C15H14Cl2N2O3/c1-21-11-5-3-9(4-6-11)12(14(20)22-2)7-10-8-18-15(17)19-13(10)16/h3-6,8,12H,7H2,1-2H3. The maximum absolute atomic E-state index is 12.1. The van der Waals surface area contributed by atoms with Crippen molar-refractivity contribution in [1.82, 2.24) is 9.97 Å². The maximum Gasteiger partial charge on any atom is 0.313 e. The average molecular weight is 341 g/mol. The van der Waals surface area contributed by atoms with Gasteiger partial charge in [0.25, 0.3) is 0 Å². The van der Waals surface area contributed by atoms with Crippen LogP contribution < -0.4 is 4.74 Å². The summed E-state index contributed by atoms with van der Waals surface area (Å²) in [6, 6.07) is 7.19. The van der Waals surface area contributed by atoms with Crippen LogP contribution in [0.4, 0.5) is 0 Å². The number of carbonyl (C=O) groups excluding carboxylic acids is 1. The molecule has 0 saturated carbocycles. The van der Waals surface area contributed by atoms with Crippen LogP contribution in [-0.2, 0) is 16.0 Å². The molecule has 0 amide bonds. The van der Waals surface area contributed by atoms with Crippen molar-refractivity contribution in [2.45, 2.75) is 12.3 Å². The van der Waals surface area contributed by atoms with E-state index in [9.17, 15) is 4.79 Å². The third-order valence-corrected chi connectivity index (χ3v) is 3.72. The lowest BCUT2D eigenvalue weighted by atomic mass is 9.93. The van der Waals surface area contributed by atoms with E-state index in [-0.39, 0.29) is 16.4 Å². The Morgan fingerprint density at radius 2 is 1.91 bits per heavy atom. The fourth-order valence-corrected chi connectivity index (χ4v) is 2.42. The van der Waals surface area contributed by atoms with Gasteiger partial charge in [0, 0.05) is 11.8 Å². The van der Waals surface area contributed by atoms with Gasteiger partial charge >= 0.3 is 5.97 Å². The zero-order valence-corrected chi connectivity index (χ0v) is 13.6. The molecular weight excluding hydrogens is 327 g/mol. The third-order valence-electron chi connectivity index (χ3n) is 3.21. The Bertz CT molecular complexity index is 662. The molecule has 0 radical (unpaired) electrons. The van der Waals surface area contributed by atoms with Crippen LogP contribution in [-0.4, -0.2) is 30.2 Å². The predicted octanol–water partition coefficient (Wildman–Crippen LogP) is 3.29. The quantitative estimate of drug-likeness (QED) is 0.474. The second-order valence-electron chi connectivity index (χ2n) is 4.51. The van der Waals surface area contributed by atoms with E-state index in [4.69, 9.17) is 32.7 Å². The lowest BCUT2D eigenvalue weighted by Gasteiger charge is -2.16. The van der Waals surface area contributed by atoms with E-state index in [1.165, 1.54) is 13.3 Å². The van der Waals surface area contributed by atoms with Crippen LogP contribution in [0.1, 0.15) is 17.0 Å². The second-order valence-corrected chi connectivity index (χ2v) is 5.20. The zero-order valence-electron chi connectivity index (χ0n) is 12.0. The fourth-order valence-electron chi connectivity index (χ4n) is 2.04. The molecule has 1 unspecified atom stereocenters. The first-order valence-corrected chi connectivity index (χ1v) is 7.19. The number of halogens is 2. The van der Waals surface area contributed by atoms with Crippen LogP contribution in [0.5, 0.6) is 5.75 Å². The number of hydrogen-bond acceptors (Lipinski definition) is 5. The molecule has 0 spiro atoms. The number of esters is 1. The van der Waals surface area contributed by atoms with Crippen molar-refractivity contribution in [2.75, 3.05) is 14.2 Å². The molecule has 1 aromatic carbocycles. The molecule has 2 aromatic rings. The van der Waals surface area contributed by atoms with Crippen LogP contribution >= 0.6 is 23.2 Å². The summed E-state index contributed by atoms with van der Waals surface area (Å²) in [4.78, 5) is 19.9. The second kappa shape index (κ2) is 7.42. The zero-order chi connectivity index (χ0) is 16.1. The first-order chi connectivity index (χ1) is 10.5. The minimum Gasteiger partial charge on any atom is -0.497 e. The molecule has 0 N–H and O–H groups in total. The Hall–Kier alpha value is -1.85. The minimum atomic E-state index is -0.516. The van der Waals surface area contributed by atoms with Crippen molar-refractivity contribution in [3.63, 3.8) is 0 Å². The molecule has 1 heterocycles. The van der Waals surface area contributed by atoms with Crippen LogP contribution in [0.25, 0.3) is 0 Å². The number of ether oxygens (including phenoxy) is 2. The van der Waals surface area contributed by atoms with Crippen LogP contribution in [0, 0.1) is 0 Å². The summed E-state index contributed by atoms with van der Waals surface area (Å²) in [5.74, 6) is -0.172. The van der Waals surface area contributed by atoms with E-state index in [1.807, 2.05) is 12.1 Å². The first kappa shape index (κ1) is 16.5. The van der Waals surface area contributed by atoms with Gasteiger partial charge in [0.2, 0.25) is 5.28 Å². The number of benzene rings is 1. The molecule has 1 aromatic heterocycles. The predicted molar refractivity (Wildman–Crippen MR) is 83.5 cm³/mol. The lowest BCUT2D eigenvalue weighted by Crippen LogP contribution is -2.17. The number of rotatable bonds is 5. The highest BCUT2D eigenvalue weighted by atomic mass is 35.5. The third kappa shape index (κ3) is 3.87. The number of nitrogens with zero attached hydrogens (tertiary/aromatic N) is 2. The first-order valence-electron chi connectivity index (χ1n) is 6.44. The summed E-state index contributed by atoms with van der Waals surface area (Å²) in [7, 11) is 2.93. The van der Waals surface area contributed by atoms with Gasteiger partial charge in [-0.25, -0.2) is 9.97 Å². The molecule has 0 bridgehead atoms. The maximum atomic E-state index is 12.1. The Balaban J connectivity index is 2.31. The van der Waals surface area contributed by atoms with Crippen molar-refractivity contribution in [3.05, 3.63) is 52.0 Å². The van der Waals surface area contributed by atoms with Gasteiger partial charge in [-0.2, -0.15) is 0 Å². The van der Waals surface area contributed by atoms with Crippen LogP contribution in [0.15, 0.2) is 30.5 Å². The average Bonchev–Trinajstić information content (AvgIpc) is 2.53. The van der Waals surface area contributed by atoms with Crippen molar-refractivity contribution in [2.24, 2.45) is 0 Å². The molecule has 0 aliphatic heterocycles. The Kier molecular flexibility index (Phi) is 5.57. The van der Waals surface area contributed by atoms with E-state index in [0.29, 0.717) is 17.7 Å². The summed E-state index contributed by atoms with van der Waals surface area (Å²) < 4.78 is 9.99. The van der Waals surface area contributed by atoms with E-state index in [0.717, 1.165) is 5.56 Å². The van der Waals surface area contributed by atoms with Crippen molar-refractivity contribution in [3.8, 4) is 5.75 Å². The number of aromatic nitrogens is 2. The van der Waals surface area contributed by atoms with Gasteiger partial charge in [-0.1, -0.05) is 23.7 Å². The largest absolute Gasteiger partial charge is 0.497 e. The summed E-state index contributed by atoms with van der Waals surface area (Å²) in [5.41, 5.74) is 1.41. The topological polar surface area (TPSA) is 61.3 Å². The Labute approximate surface area is 138 Å². The minimum absolute atomic E-state index is 0.0628. The van der Waals surface area contributed by atoms with E-state index in [1.54, 1.807) is 19.2 Å². The highest BCUT2D eigenvalue weighted by Crippen LogP contribution is 2.27. The van der Waals surface area contributed by atoms with E-state index >= 15 is 0 Å². The van der Waals surface area contributed by atoms with Gasteiger partial charge in [-0.05, 0) is 35.7 Å². The van der Waals surface area contributed by atoms with Crippen molar-refractivity contribution >= 4 is 29.2 Å². The summed E-state index contributed by atoms with van der Waals surface area (Å²) >= 11 is 11.7. The smallest absolute Gasteiger partial charge is 0.313 e. The molecule has 22 heavy (non-hydrogen) atoms. The Morgan fingerprint density at radius 3 is 2.45 bits per heavy atom. The van der Waals surface area contributed by atoms with Crippen LogP contribution in [0.3, 0.4) is 0 Å². The van der Waals surface area contributed by atoms with E-state index in [2.05, 4.69) is 9.97 Å². The van der Waals surface area contributed by atoms with Crippen LogP contribution in [0.2, 0.25) is 10.4 Å². The highest BCUT2D eigenvalue weighted by molar-refractivity contribution is 6.32. The highest BCUT2D eigenvalue weighted by Gasteiger charge is 2.23. The fraction of sp³-hybridized carbons (Fsp3) is 0.267. The summed E-state index contributed by atoms with van der Waals surface area (Å²) in [6.07, 6.45) is 1.83. The molecule has 116 valence electrons. The monoisotopic (exact) mass is 340 g/mol. The van der Waals surface area contributed by atoms with Gasteiger partial charge in [0.15, 0.2) is 0 Å². The lowest BCUT2D eigenvalue weighted by molar-refractivity contribution is -0.142. The normalized spacial score (nSPS) is 11.8. The molecule has 0 aliphatic rings.